The molecular weight excluding hydrogens is 256 g/mol. The first-order valence-corrected chi connectivity index (χ1v) is 6.84. The summed E-state index contributed by atoms with van der Waals surface area (Å²) in [6, 6.07) is 7.09. The number of likely N-dealkylation sites (tertiary alicyclic amines) is 1. The Morgan fingerprint density at radius 2 is 2.05 bits per heavy atom. The first-order valence-electron chi connectivity index (χ1n) is 6.84. The van der Waals surface area contributed by atoms with Gasteiger partial charge in [-0.2, -0.15) is 0 Å². The molecule has 1 aromatic rings. The lowest BCUT2D eigenvalue weighted by molar-refractivity contribution is -0.136. The van der Waals surface area contributed by atoms with Gasteiger partial charge >= 0.3 is 12.0 Å². The zero-order valence-corrected chi connectivity index (χ0v) is 11.8. The van der Waals surface area contributed by atoms with Gasteiger partial charge in [-0.1, -0.05) is 25.1 Å². The first-order chi connectivity index (χ1) is 9.47. The lowest BCUT2D eigenvalue weighted by Gasteiger charge is -2.22. The van der Waals surface area contributed by atoms with Gasteiger partial charge in [-0.05, 0) is 30.9 Å². The third kappa shape index (κ3) is 3.29. The van der Waals surface area contributed by atoms with E-state index in [0.29, 0.717) is 17.2 Å². The summed E-state index contributed by atoms with van der Waals surface area (Å²) >= 11 is 0. The molecule has 2 unspecified atom stereocenters. The highest BCUT2D eigenvalue weighted by atomic mass is 16.4. The van der Waals surface area contributed by atoms with Crippen molar-refractivity contribution in [3.63, 3.8) is 0 Å². The minimum Gasteiger partial charge on any atom is -0.481 e. The van der Waals surface area contributed by atoms with Crippen molar-refractivity contribution in [2.24, 2.45) is 5.92 Å². The molecule has 2 N–H and O–H groups in total. The van der Waals surface area contributed by atoms with E-state index in [1.807, 2.05) is 11.8 Å². The Morgan fingerprint density at radius 1 is 1.35 bits per heavy atom. The number of carbonyl (C=O) groups is 2. The number of para-hydroxylation sites is 1. The fourth-order valence-corrected chi connectivity index (χ4v) is 2.73. The van der Waals surface area contributed by atoms with Crippen LogP contribution in [0.25, 0.3) is 0 Å². The maximum absolute atomic E-state index is 12.3. The second-order valence-corrected chi connectivity index (χ2v) is 5.50. The van der Waals surface area contributed by atoms with Gasteiger partial charge in [-0.15, -0.1) is 0 Å². The average molecular weight is 276 g/mol. The Balaban J connectivity index is 2.10. The van der Waals surface area contributed by atoms with Crippen LogP contribution in [-0.4, -0.2) is 34.6 Å². The topological polar surface area (TPSA) is 69.6 Å². The van der Waals surface area contributed by atoms with Gasteiger partial charge in [-0.3, -0.25) is 4.79 Å². The zero-order chi connectivity index (χ0) is 14.7. The smallest absolute Gasteiger partial charge is 0.322 e. The third-order valence-corrected chi connectivity index (χ3v) is 3.65. The summed E-state index contributed by atoms with van der Waals surface area (Å²) in [6.45, 7) is 4.91. The number of carboxylic acid groups (broad SMARTS) is 1. The van der Waals surface area contributed by atoms with E-state index < -0.39 is 5.97 Å². The molecule has 0 saturated carbocycles. The summed E-state index contributed by atoms with van der Waals surface area (Å²) < 4.78 is 0. The molecule has 108 valence electrons. The van der Waals surface area contributed by atoms with Crippen LogP contribution >= 0.6 is 0 Å². The molecule has 1 aromatic carbocycles. The average Bonchev–Trinajstić information content (AvgIpc) is 2.70. The van der Waals surface area contributed by atoms with Crippen molar-refractivity contribution in [2.45, 2.75) is 32.7 Å². The number of carboxylic acids is 1. The van der Waals surface area contributed by atoms with Gasteiger partial charge in [0.25, 0.3) is 0 Å². The van der Waals surface area contributed by atoms with Crippen LogP contribution in [0.3, 0.4) is 0 Å². The van der Waals surface area contributed by atoms with Gasteiger partial charge in [0.2, 0.25) is 0 Å². The second kappa shape index (κ2) is 5.94. The number of nitrogens with one attached hydrogen (secondary N) is 1. The first kappa shape index (κ1) is 14.4. The second-order valence-electron chi connectivity index (χ2n) is 5.50. The minimum absolute atomic E-state index is 0.0948. The zero-order valence-electron chi connectivity index (χ0n) is 11.8. The van der Waals surface area contributed by atoms with Gasteiger partial charge in [0, 0.05) is 18.3 Å². The summed E-state index contributed by atoms with van der Waals surface area (Å²) in [5.74, 6) is -0.403. The third-order valence-electron chi connectivity index (χ3n) is 3.65. The number of nitrogens with zero attached hydrogens (tertiary/aromatic N) is 1. The monoisotopic (exact) mass is 276 g/mol. The lowest BCUT2D eigenvalue weighted by atomic mass is 10.1. The van der Waals surface area contributed by atoms with Crippen molar-refractivity contribution in [2.75, 3.05) is 11.9 Å². The predicted molar refractivity (Wildman–Crippen MR) is 76.7 cm³/mol. The molecule has 1 aliphatic heterocycles. The van der Waals surface area contributed by atoms with Crippen LogP contribution in [0.15, 0.2) is 24.3 Å². The van der Waals surface area contributed by atoms with E-state index in [1.165, 1.54) is 0 Å². The van der Waals surface area contributed by atoms with E-state index in [4.69, 9.17) is 5.11 Å². The highest BCUT2D eigenvalue weighted by molar-refractivity contribution is 5.91. The Hall–Kier alpha value is -2.04. The van der Waals surface area contributed by atoms with Gasteiger partial charge in [0.15, 0.2) is 0 Å². The molecule has 5 heteroatoms. The van der Waals surface area contributed by atoms with Crippen LogP contribution in [0.5, 0.6) is 0 Å². The van der Waals surface area contributed by atoms with Gasteiger partial charge in [0.1, 0.15) is 0 Å². The number of urea groups is 1. The summed E-state index contributed by atoms with van der Waals surface area (Å²) in [7, 11) is 0. The van der Waals surface area contributed by atoms with Crippen molar-refractivity contribution in [3.8, 4) is 0 Å². The van der Waals surface area contributed by atoms with Crippen LogP contribution in [0, 0.1) is 5.92 Å². The van der Waals surface area contributed by atoms with Crippen LogP contribution in [-0.2, 0) is 11.2 Å². The fourth-order valence-electron chi connectivity index (χ4n) is 2.73. The van der Waals surface area contributed by atoms with Crippen LogP contribution < -0.4 is 5.32 Å². The summed E-state index contributed by atoms with van der Waals surface area (Å²) in [5.41, 5.74) is 1.19. The molecule has 0 aromatic heterocycles. The molecule has 1 aliphatic rings. The Bertz CT molecular complexity index is 516. The number of benzene rings is 1. The van der Waals surface area contributed by atoms with Crippen molar-refractivity contribution < 1.29 is 14.7 Å². The maximum atomic E-state index is 12.3. The Kier molecular flexibility index (Phi) is 4.27. The normalized spacial score (nSPS) is 21.8. The molecule has 0 aliphatic carbocycles. The van der Waals surface area contributed by atoms with Crippen LogP contribution in [0.1, 0.15) is 25.8 Å². The number of hydrogen-bond acceptors (Lipinski definition) is 2. The van der Waals surface area contributed by atoms with Crippen LogP contribution in [0.2, 0.25) is 0 Å². The Morgan fingerprint density at radius 3 is 2.65 bits per heavy atom. The fraction of sp³-hybridized carbons (Fsp3) is 0.467. The highest BCUT2D eigenvalue weighted by Crippen LogP contribution is 2.24. The number of aliphatic carboxylic acids is 1. The van der Waals surface area contributed by atoms with Crippen LogP contribution in [0.4, 0.5) is 10.5 Å². The molecule has 20 heavy (non-hydrogen) atoms. The molecule has 2 rings (SSSR count). The number of amides is 2. The number of rotatable bonds is 3. The summed E-state index contributed by atoms with van der Waals surface area (Å²) in [5, 5.41) is 11.7. The van der Waals surface area contributed by atoms with Crippen molar-refractivity contribution in [1.29, 1.82) is 0 Å². The van der Waals surface area contributed by atoms with E-state index in [2.05, 4.69) is 12.2 Å². The van der Waals surface area contributed by atoms with Gasteiger partial charge < -0.3 is 15.3 Å². The van der Waals surface area contributed by atoms with E-state index in [0.717, 1.165) is 13.0 Å². The molecule has 2 atom stereocenters. The van der Waals surface area contributed by atoms with Crippen molar-refractivity contribution in [3.05, 3.63) is 29.8 Å². The quantitative estimate of drug-likeness (QED) is 0.891. The number of anilines is 1. The van der Waals surface area contributed by atoms with Gasteiger partial charge in [-0.25, -0.2) is 4.79 Å². The molecule has 0 spiro atoms. The number of carbonyl (C=O) groups excluding carboxylic acids is 1. The lowest BCUT2D eigenvalue weighted by Crippen LogP contribution is -2.37. The predicted octanol–water partition coefficient (Wildman–Crippen LogP) is 2.58. The van der Waals surface area contributed by atoms with E-state index >= 15 is 0 Å². The SMILES string of the molecule is CC1CC(C)N(C(=O)Nc2ccccc2CC(=O)O)C1. The van der Waals surface area contributed by atoms with E-state index in [9.17, 15) is 9.59 Å². The Labute approximate surface area is 118 Å². The van der Waals surface area contributed by atoms with E-state index in [1.54, 1.807) is 24.3 Å². The standard InChI is InChI=1S/C15H20N2O3/c1-10-7-11(2)17(9-10)15(20)16-13-6-4-3-5-12(13)8-14(18)19/h3-6,10-11H,7-9H2,1-2H3,(H,16,20)(H,18,19). The molecular formula is C15H20N2O3. The van der Waals surface area contributed by atoms with Gasteiger partial charge in [0.05, 0.1) is 6.42 Å². The maximum Gasteiger partial charge on any atom is 0.322 e. The molecule has 0 bridgehead atoms. The summed E-state index contributed by atoms with van der Waals surface area (Å²) in [6.07, 6.45) is 0.909. The minimum atomic E-state index is -0.908. The van der Waals surface area contributed by atoms with Crippen molar-refractivity contribution >= 4 is 17.7 Å². The molecule has 2 amide bonds. The molecule has 1 heterocycles. The molecule has 1 saturated heterocycles. The largest absolute Gasteiger partial charge is 0.481 e. The van der Waals surface area contributed by atoms with Crippen molar-refractivity contribution in [1.82, 2.24) is 4.90 Å². The molecule has 5 nitrogen and oxygen atoms in total. The molecule has 1 fully saturated rings. The highest BCUT2D eigenvalue weighted by Gasteiger charge is 2.30. The molecule has 0 radical (unpaired) electrons. The number of hydrogen-bond donors (Lipinski definition) is 2. The van der Waals surface area contributed by atoms with E-state index in [-0.39, 0.29) is 18.5 Å². The summed E-state index contributed by atoms with van der Waals surface area (Å²) in [4.78, 5) is 24.9.